The zero-order chi connectivity index (χ0) is 27.9. The summed E-state index contributed by atoms with van der Waals surface area (Å²) >= 11 is 7.45. The third-order valence-corrected chi connectivity index (χ3v) is 8.60. The molecule has 1 aliphatic heterocycles. The van der Waals surface area contributed by atoms with Gasteiger partial charge in [0.2, 0.25) is 11.4 Å². The van der Waals surface area contributed by atoms with E-state index in [-0.39, 0.29) is 12.4 Å². The number of hydrogen-bond donors (Lipinski definition) is 3. The SMILES string of the molecule is O=S(=O)(O)CC(O)C[n+]1c(C=C2Oc3ccc(-c4ccccc4)cc3N2CS(=O)(=O)O)sc2ccc(Cl)cc21. The molecule has 14 heteroatoms. The lowest BCUT2D eigenvalue weighted by Crippen LogP contribution is -2.43. The molecule has 204 valence electrons. The summed E-state index contributed by atoms with van der Waals surface area (Å²) in [6.45, 7) is -0.220. The van der Waals surface area contributed by atoms with Crippen LogP contribution in [0.5, 0.6) is 5.75 Å². The number of nitrogens with zero attached hydrogens (tertiary/aromatic N) is 2. The standard InChI is InChI=1S/C25H21ClN2O8S3/c26-18-7-9-23-21(11-18)27(13-19(29)14-38(30,31)32)25(37-23)12-24-28(15-39(33,34)35)20-10-17(6-8-22(20)36-24)16-4-2-1-3-5-16/h1-12,19,29H,13-15H2,(H-,30,31,32,33,34,35)/p+1. The molecule has 5 rings (SSSR count). The minimum absolute atomic E-state index is 0.0866. The fraction of sp³-hybridized carbons (Fsp3) is 0.160. The molecule has 2 heterocycles. The predicted octanol–water partition coefficient (Wildman–Crippen LogP) is 3.80. The lowest BCUT2D eigenvalue weighted by Gasteiger charge is -2.16. The van der Waals surface area contributed by atoms with Gasteiger partial charge in [0.15, 0.2) is 18.2 Å². The van der Waals surface area contributed by atoms with E-state index in [0.29, 0.717) is 27.0 Å². The summed E-state index contributed by atoms with van der Waals surface area (Å²) in [6.07, 6.45) is 0.0783. The van der Waals surface area contributed by atoms with Crippen LogP contribution in [0.25, 0.3) is 27.4 Å². The molecular formula is C25H22ClN2O8S3+. The van der Waals surface area contributed by atoms with Gasteiger partial charge in [-0.1, -0.05) is 59.3 Å². The third kappa shape index (κ3) is 6.41. The maximum atomic E-state index is 12.0. The van der Waals surface area contributed by atoms with Gasteiger partial charge in [0.05, 0.1) is 11.8 Å². The summed E-state index contributed by atoms with van der Waals surface area (Å²) in [4.78, 5) is 1.31. The number of halogens is 1. The van der Waals surface area contributed by atoms with Crippen LogP contribution in [0.1, 0.15) is 5.01 Å². The van der Waals surface area contributed by atoms with Gasteiger partial charge in [-0.15, -0.1) is 0 Å². The lowest BCUT2D eigenvalue weighted by atomic mass is 10.0. The van der Waals surface area contributed by atoms with Crippen molar-refractivity contribution in [3.05, 3.63) is 82.6 Å². The molecule has 0 saturated carbocycles. The molecule has 0 radical (unpaired) electrons. The van der Waals surface area contributed by atoms with E-state index in [9.17, 15) is 31.0 Å². The summed E-state index contributed by atoms with van der Waals surface area (Å²) < 4.78 is 73.9. The second kappa shape index (κ2) is 10.5. The van der Waals surface area contributed by atoms with Crippen molar-refractivity contribution in [2.24, 2.45) is 0 Å². The molecule has 0 bridgehead atoms. The van der Waals surface area contributed by atoms with Crippen LogP contribution in [0.2, 0.25) is 5.02 Å². The minimum Gasteiger partial charge on any atom is -0.438 e. The average Bonchev–Trinajstić information content (AvgIpc) is 3.34. The highest BCUT2D eigenvalue weighted by Gasteiger charge is 2.33. The van der Waals surface area contributed by atoms with Crippen LogP contribution in [0.3, 0.4) is 0 Å². The Morgan fingerprint density at radius 1 is 0.974 bits per heavy atom. The van der Waals surface area contributed by atoms with Gasteiger partial charge in [0, 0.05) is 11.1 Å². The molecule has 4 aromatic rings. The van der Waals surface area contributed by atoms with Crippen molar-refractivity contribution in [1.29, 1.82) is 0 Å². The number of fused-ring (bicyclic) bond motifs is 2. The van der Waals surface area contributed by atoms with E-state index in [4.69, 9.17) is 16.3 Å². The summed E-state index contributed by atoms with van der Waals surface area (Å²) in [5, 5.41) is 11.3. The lowest BCUT2D eigenvalue weighted by molar-refractivity contribution is -0.675. The number of aromatic nitrogens is 1. The van der Waals surface area contributed by atoms with Crippen LogP contribution in [-0.2, 0) is 26.8 Å². The quantitative estimate of drug-likeness (QED) is 0.201. The van der Waals surface area contributed by atoms with Crippen molar-refractivity contribution in [3.8, 4) is 16.9 Å². The molecule has 3 aromatic carbocycles. The van der Waals surface area contributed by atoms with Gasteiger partial charge in [-0.05, 0) is 35.4 Å². The van der Waals surface area contributed by atoms with Gasteiger partial charge in [-0.25, -0.2) is 0 Å². The molecule has 3 N–H and O–H groups in total. The highest BCUT2D eigenvalue weighted by molar-refractivity contribution is 7.86. The van der Waals surface area contributed by atoms with E-state index >= 15 is 0 Å². The first kappa shape index (κ1) is 27.5. The Bertz CT molecular complexity index is 1810. The number of aliphatic hydroxyl groups excluding tert-OH is 1. The largest absolute Gasteiger partial charge is 0.438 e. The Morgan fingerprint density at radius 2 is 1.72 bits per heavy atom. The summed E-state index contributed by atoms with van der Waals surface area (Å²) in [7, 11) is -8.93. The summed E-state index contributed by atoms with van der Waals surface area (Å²) in [5.74, 6) is -1.21. The van der Waals surface area contributed by atoms with Gasteiger partial charge in [-0.2, -0.15) is 21.4 Å². The first-order valence-electron chi connectivity index (χ1n) is 11.4. The Balaban J connectivity index is 1.61. The zero-order valence-corrected chi connectivity index (χ0v) is 23.2. The summed E-state index contributed by atoms with van der Waals surface area (Å²) in [5.41, 5.74) is 2.70. The third-order valence-electron chi connectivity index (χ3n) is 5.87. The first-order chi connectivity index (χ1) is 18.4. The van der Waals surface area contributed by atoms with E-state index < -0.39 is 38.0 Å². The number of thiazole rings is 1. The molecule has 1 aromatic heterocycles. The molecule has 0 spiro atoms. The predicted molar refractivity (Wildman–Crippen MR) is 149 cm³/mol. The van der Waals surface area contributed by atoms with Crippen LogP contribution in [0, 0.1) is 0 Å². The van der Waals surface area contributed by atoms with E-state index in [1.807, 2.05) is 36.4 Å². The molecule has 1 unspecified atom stereocenters. The minimum atomic E-state index is -4.48. The van der Waals surface area contributed by atoms with Crippen molar-refractivity contribution < 1.29 is 40.4 Å². The van der Waals surface area contributed by atoms with E-state index in [0.717, 1.165) is 15.8 Å². The van der Waals surface area contributed by atoms with Crippen molar-refractivity contribution in [2.45, 2.75) is 12.6 Å². The topological polar surface area (TPSA) is 145 Å². The number of benzene rings is 3. The number of aliphatic hydroxyl groups is 1. The van der Waals surface area contributed by atoms with Crippen molar-refractivity contribution in [2.75, 3.05) is 16.5 Å². The number of anilines is 1. The van der Waals surface area contributed by atoms with Gasteiger partial charge < -0.3 is 9.84 Å². The zero-order valence-electron chi connectivity index (χ0n) is 20.0. The Kier molecular flexibility index (Phi) is 7.41. The first-order valence-corrected chi connectivity index (χ1v) is 15.8. The number of rotatable bonds is 8. The monoisotopic (exact) mass is 609 g/mol. The molecule has 10 nitrogen and oxygen atoms in total. The van der Waals surface area contributed by atoms with Gasteiger partial charge in [-0.3, -0.25) is 14.0 Å². The number of ether oxygens (including phenoxy) is 1. The molecule has 0 fully saturated rings. The molecular weight excluding hydrogens is 588 g/mol. The maximum absolute atomic E-state index is 12.0. The highest BCUT2D eigenvalue weighted by Crippen LogP contribution is 2.42. The Labute approximate surface area is 233 Å². The Hall–Kier alpha value is -3.04. The molecule has 1 atom stereocenters. The van der Waals surface area contributed by atoms with Crippen LogP contribution in [0.4, 0.5) is 5.69 Å². The summed E-state index contributed by atoms with van der Waals surface area (Å²) in [6, 6.07) is 19.8. The van der Waals surface area contributed by atoms with Crippen molar-refractivity contribution >= 4 is 65.2 Å². The van der Waals surface area contributed by atoms with Crippen LogP contribution >= 0.6 is 22.9 Å². The van der Waals surface area contributed by atoms with Crippen LogP contribution in [0.15, 0.2) is 72.6 Å². The molecule has 0 saturated heterocycles. The average molecular weight is 610 g/mol. The van der Waals surface area contributed by atoms with E-state index in [1.54, 1.807) is 34.9 Å². The smallest absolute Gasteiger partial charge is 0.283 e. The van der Waals surface area contributed by atoms with Gasteiger partial charge in [0.1, 0.15) is 16.6 Å². The normalized spacial score (nSPS) is 15.5. The molecule has 1 aliphatic rings. The second-order valence-electron chi connectivity index (χ2n) is 8.84. The van der Waals surface area contributed by atoms with Gasteiger partial charge >= 0.3 is 0 Å². The van der Waals surface area contributed by atoms with Crippen LogP contribution in [-0.4, -0.2) is 48.8 Å². The number of hydrogen-bond acceptors (Lipinski definition) is 8. The maximum Gasteiger partial charge on any atom is 0.283 e. The van der Waals surface area contributed by atoms with Crippen molar-refractivity contribution in [1.82, 2.24) is 0 Å². The van der Waals surface area contributed by atoms with E-state index in [1.165, 1.54) is 22.3 Å². The van der Waals surface area contributed by atoms with Crippen LogP contribution < -0.4 is 14.2 Å². The van der Waals surface area contributed by atoms with E-state index in [2.05, 4.69) is 0 Å². The Morgan fingerprint density at radius 3 is 2.41 bits per heavy atom. The fourth-order valence-corrected chi connectivity index (χ4v) is 6.73. The molecule has 0 amide bonds. The van der Waals surface area contributed by atoms with Gasteiger partial charge in [0.25, 0.3) is 25.2 Å². The molecule has 39 heavy (non-hydrogen) atoms. The molecule has 0 aliphatic carbocycles. The fourth-order valence-electron chi connectivity index (χ4n) is 4.30. The highest BCUT2D eigenvalue weighted by atomic mass is 35.5. The second-order valence-corrected chi connectivity index (χ2v) is 13.3. The van der Waals surface area contributed by atoms with Crippen molar-refractivity contribution in [3.63, 3.8) is 0 Å².